The number of rotatable bonds is 4. The lowest BCUT2D eigenvalue weighted by Crippen LogP contribution is -2.35. The summed E-state index contributed by atoms with van der Waals surface area (Å²) in [5.74, 6) is -0.0251. The molecule has 27 heavy (non-hydrogen) atoms. The van der Waals surface area contributed by atoms with Gasteiger partial charge in [-0.25, -0.2) is 4.98 Å². The van der Waals surface area contributed by atoms with Gasteiger partial charge in [-0.3, -0.25) is 4.79 Å². The smallest absolute Gasteiger partial charge is 0.261 e. The molecule has 0 bridgehead atoms. The maximum Gasteiger partial charge on any atom is 0.261 e. The number of nitrogens with one attached hydrogen (secondary N) is 1. The number of halogens is 1. The molecule has 142 valence electrons. The highest BCUT2D eigenvalue weighted by atomic mass is 35.5. The van der Waals surface area contributed by atoms with E-state index in [1.807, 2.05) is 18.2 Å². The minimum Gasteiger partial charge on any atom is -0.350 e. The Morgan fingerprint density at radius 3 is 2.74 bits per heavy atom. The number of fused-ring (bicyclic) bond motifs is 3. The van der Waals surface area contributed by atoms with E-state index in [0.29, 0.717) is 16.6 Å². The maximum atomic E-state index is 12.7. The molecule has 3 aromatic rings. The van der Waals surface area contributed by atoms with Crippen molar-refractivity contribution in [3.63, 3.8) is 0 Å². The normalized spacial score (nSPS) is 15.9. The molecule has 4 rings (SSSR count). The van der Waals surface area contributed by atoms with E-state index in [4.69, 9.17) is 11.6 Å². The van der Waals surface area contributed by atoms with Crippen LogP contribution in [0.5, 0.6) is 0 Å². The quantitative estimate of drug-likeness (QED) is 0.624. The third kappa shape index (κ3) is 4.10. The summed E-state index contributed by atoms with van der Waals surface area (Å²) in [7, 11) is 0. The van der Waals surface area contributed by atoms with Crippen LogP contribution in [0.1, 0.15) is 40.9 Å². The van der Waals surface area contributed by atoms with Gasteiger partial charge in [0.05, 0.1) is 10.4 Å². The third-order valence-electron chi connectivity index (χ3n) is 5.21. The molecule has 0 aliphatic carbocycles. The molecule has 3 heterocycles. The minimum atomic E-state index is -0.0251. The lowest BCUT2D eigenvalue weighted by Gasteiger charge is -2.19. The second-order valence-corrected chi connectivity index (χ2v) is 8.70. The van der Waals surface area contributed by atoms with E-state index in [2.05, 4.69) is 28.2 Å². The van der Waals surface area contributed by atoms with Gasteiger partial charge in [0.15, 0.2) is 0 Å². The molecule has 6 heteroatoms. The zero-order chi connectivity index (χ0) is 18.8. The fourth-order valence-corrected chi connectivity index (χ4v) is 5.12. The highest BCUT2D eigenvalue weighted by molar-refractivity contribution is 7.21. The van der Waals surface area contributed by atoms with Gasteiger partial charge in [0, 0.05) is 28.6 Å². The molecule has 1 fully saturated rings. The monoisotopic (exact) mass is 401 g/mol. The Morgan fingerprint density at radius 2 is 1.96 bits per heavy atom. The van der Waals surface area contributed by atoms with Crippen molar-refractivity contribution in [3.8, 4) is 0 Å². The topological polar surface area (TPSA) is 45.2 Å². The van der Waals surface area contributed by atoms with Crippen molar-refractivity contribution in [2.75, 3.05) is 26.2 Å². The van der Waals surface area contributed by atoms with Gasteiger partial charge in [-0.2, -0.15) is 0 Å². The van der Waals surface area contributed by atoms with Crippen LogP contribution >= 0.6 is 22.9 Å². The van der Waals surface area contributed by atoms with Crippen LogP contribution in [-0.2, 0) is 0 Å². The van der Waals surface area contributed by atoms with Crippen molar-refractivity contribution in [2.24, 2.45) is 0 Å². The summed E-state index contributed by atoms with van der Waals surface area (Å²) in [5.41, 5.74) is 2.04. The Kier molecular flexibility index (Phi) is 5.62. The number of carbonyl (C=O) groups is 1. The van der Waals surface area contributed by atoms with E-state index in [0.717, 1.165) is 40.6 Å². The average Bonchev–Trinajstić information content (AvgIpc) is 2.96. The fraction of sp³-hybridized carbons (Fsp3) is 0.429. The highest BCUT2D eigenvalue weighted by Crippen LogP contribution is 2.36. The molecule has 1 amide bonds. The summed E-state index contributed by atoms with van der Waals surface area (Å²) in [6.45, 7) is 5.95. The second-order valence-electron chi connectivity index (χ2n) is 7.29. The van der Waals surface area contributed by atoms with Gasteiger partial charge in [-0.05, 0) is 51.1 Å². The first-order valence-corrected chi connectivity index (χ1v) is 10.8. The maximum absolute atomic E-state index is 12.7. The molecule has 1 aliphatic rings. The number of nitrogens with zero attached hydrogens (tertiary/aromatic N) is 2. The van der Waals surface area contributed by atoms with Crippen molar-refractivity contribution in [1.29, 1.82) is 0 Å². The van der Waals surface area contributed by atoms with Crippen LogP contribution < -0.4 is 5.32 Å². The summed E-state index contributed by atoms with van der Waals surface area (Å²) >= 11 is 7.87. The van der Waals surface area contributed by atoms with Gasteiger partial charge >= 0.3 is 0 Å². The van der Waals surface area contributed by atoms with E-state index in [1.54, 1.807) is 0 Å². The number of amides is 1. The second kappa shape index (κ2) is 8.13. The van der Waals surface area contributed by atoms with Crippen LogP contribution in [-0.4, -0.2) is 42.0 Å². The number of aromatic nitrogens is 1. The van der Waals surface area contributed by atoms with Crippen LogP contribution in [0.4, 0.5) is 0 Å². The van der Waals surface area contributed by atoms with E-state index >= 15 is 0 Å². The zero-order valence-electron chi connectivity index (χ0n) is 15.6. The van der Waals surface area contributed by atoms with Gasteiger partial charge in [-0.15, -0.1) is 11.3 Å². The van der Waals surface area contributed by atoms with E-state index in [1.165, 1.54) is 42.6 Å². The molecule has 1 N–H and O–H groups in total. The minimum absolute atomic E-state index is 0.0251. The first-order valence-electron chi connectivity index (χ1n) is 9.62. The van der Waals surface area contributed by atoms with E-state index in [-0.39, 0.29) is 5.91 Å². The molecule has 0 unspecified atom stereocenters. The summed E-state index contributed by atoms with van der Waals surface area (Å²) < 4.78 is 1.03. The van der Waals surface area contributed by atoms with Crippen LogP contribution in [0, 0.1) is 6.92 Å². The number of hydrogen-bond acceptors (Lipinski definition) is 4. The lowest BCUT2D eigenvalue weighted by molar-refractivity contribution is 0.0952. The molecule has 4 nitrogen and oxygen atoms in total. The standard InChI is InChI=1S/C21H24ClN3OS/c1-14-6-7-17-15(12-14)19-16(20(22)24-17)13-18(27-19)21(26)23-8-11-25-9-4-2-3-5-10-25/h6-7,12-13H,2-5,8-11H2,1H3,(H,23,26). The van der Waals surface area contributed by atoms with E-state index < -0.39 is 0 Å². The van der Waals surface area contributed by atoms with Crippen molar-refractivity contribution >= 4 is 49.8 Å². The van der Waals surface area contributed by atoms with Gasteiger partial charge in [-0.1, -0.05) is 36.1 Å². The van der Waals surface area contributed by atoms with Crippen molar-refractivity contribution in [1.82, 2.24) is 15.2 Å². The van der Waals surface area contributed by atoms with Crippen LogP contribution in [0.3, 0.4) is 0 Å². The molecule has 0 radical (unpaired) electrons. The predicted octanol–water partition coefficient (Wildman–Crippen LogP) is 5.02. The summed E-state index contributed by atoms with van der Waals surface area (Å²) in [6.07, 6.45) is 5.18. The molecule has 1 aromatic carbocycles. The van der Waals surface area contributed by atoms with Crippen LogP contribution in [0.15, 0.2) is 24.3 Å². The van der Waals surface area contributed by atoms with Gasteiger partial charge in [0.1, 0.15) is 5.15 Å². The molecule has 0 saturated carbocycles. The number of pyridine rings is 1. The molecule has 1 saturated heterocycles. The van der Waals surface area contributed by atoms with Gasteiger partial charge in [0.25, 0.3) is 5.91 Å². The van der Waals surface area contributed by atoms with Crippen molar-refractivity contribution in [2.45, 2.75) is 32.6 Å². The third-order valence-corrected chi connectivity index (χ3v) is 6.66. The largest absolute Gasteiger partial charge is 0.350 e. The number of hydrogen-bond donors (Lipinski definition) is 1. The van der Waals surface area contributed by atoms with E-state index in [9.17, 15) is 4.79 Å². The molecule has 0 atom stereocenters. The molecule has 0 spiro atoms. The Morgan fingerprint density at radius 1 is 1.19 bits per heavy atom. The highest BCUT2D eigenvalue weighted by Gasteiger charge is 2.16. The summed E-state index contributed by atoms with van der Waals surface area (Å²) in [5, 5.41) is 5.45. The summed E-state index contributed by atoms with van der Waals surface area (Å²) in [4.78, 5) is 20.3. The Balaban J connectivity index is 1.51. The number of benzene rings is 1. The first-order chi connectivity index (χ1) is 13.1. The zero-order valence-corrected chi connectivity index (χ0v) is 17.1. The Bertz CT molecular complexity index is 976. The molecule has 1 aliphatic heterocycles. The number of thiophene rings is 1. The number of likely N-dealkylation sites (tertiary alicyclic amines) is 1. The Hall–Kier alpha value is -1.69. The molecular weight excluding hydrogens is 378 g/mol. The first kappa shape index (κ1) is 18.7. The van der Waals surface area contributed by atoms with Crippen LogP contribution in [0.2, 0.25) is 5.15 Å². The lowest BCUT2D eigenvalue weighted by atomic mass is 10.1. The molecular formula is C21H24ClN3OS. The van der Waals surface area contributed by atoms with Crippen molar-refractivity contribution in [3.05, 3.63) is 39.9 Å². The SMILES string of the molecule is Cc1ccc2nc(Cl)c3cc(C(=O)NCCN4CCCCCC4)sc3c2c1. The van der Waals surface area contributed by atoms with Crippen molar-refractivity contribution < 1.29 is 4.79 Å². The molecule has 2 aromatic heterocycles. The van der Waals surface area contributed by atoms with Gasteiger partial charge < -0.3 is 10.2 Å². The number of aryl methyl sites for hydroxylation is 1. The number of carbonyl (C=O) groups excluding carboxylic acids is 1. The van der Waals surface area contributed by atoms with Gasteiger partial charge in [0.2, 0.25) is 0 Å². The van der Waals surface area contributed by atoms with Crippen LogP contribution in [0.25, 0.3) is 21.0 Å². The summed E-state index contributed by atoms with van der Waals surface area (Å²) in [6, 6.07) is 8.00. The fourth-order valence-electron chi connectivity index (χ4n) is 3.73. The predicted molar refractivity (Wildman–Crippen MR) is 114 cm³/mol. The Labute approximate surface area is 168 Å². The average molecular weight is 402 g/mol.